The van der Waals surface area contributed by atoms with Crippen LogP contribution in [0.15, 0.2) is 41.2 Å². The minimum atomic E-state index is -0.729. The Labute approximate surface area is 179 Å². The zero-order valence-electron chi connectivity index (χ0n) is 16.3. The summed E-state index contributed by atoms with van der Waals surface area (Å²) in [6.45, 7) is 0.0933. The predicted molar refractivity (Wildman–Crippen MR) is 108 cm³/mol. The molecule has 0 spiro atoms. The average molecular weight is 449 g/mol. The Hall–Kier alpha value is -3.60. The minimum absolute atomic E-state index is 0.0171. The third-order valence-corrected chi connectivity index (χ3v) is 4.84. The van der Waals surface area contributed by atoms with Gasteiger partial charge in [-0.3, -0.25) is 14.9 Å². The van der Waals surface area contributed by atoms with Crippen LogP contribution in [0.25, 0.3) is 0 Å². The number of nitro groups is 1. The van der Waals surface area contributed by atoms with Gasteiger partial charge >= 0.3 is 0 Å². The zero-order valence-corrected chi connectivity index (χ0v) is 17.1. The van der Waals surface area contributed by atoms with Crippen molar-refractivity contribution in [3.8, 4) is 11.5 Å². The maximum absolute atomic E-state index is 13.3. The van der Waals surface area contributed by atoms with E-state index < -0.39 is 28.2 Å². The van der Waals surface area contributed by atoms with Crippen LogP contribution in [0.2, 0.25) is 0 Å². The van der Waals surface area contributed by atoms with Crippen molar-refractivity contribution in [1.29, 1.82) is 0 Å². The lowest BCUT2D eigenvalue weighted by molar-refractivity contribution is -0.385. The molecule has 0 aliphatic rings. The van der Waals surface area contributed by atoms with E-state index in [0.717, 1.165) is 24.3 Å². The van der Waals surface area contributed by atoms with Crippen LogP contribution in [-0.2, 0) is 13.0 Å². The van der Waals surface area contributed by atoms with E-state index in [2.05, 4.69) is 10.3 Å². The lowest BCUT2D eigenvalue weighted by atomic mass is 10.1. The second kappa shape index (κ2) is 9.94. The van der Waals surface area contributed by atoms with Crippen LogP contribution in [0, 0.1) is 21.7 Å². The van der Waals surface area contributed by atoms with Gasteiger partial charge in [0.15, 0.2) is 11.5 Å². The summed E-state index contributed by atoms with van der Waals surface area (Å²) in [7, 11) is 1.34. The molecule has 0 fully saturated rings. The average Bonchev–Trinajstić information content (AvgIpc) is 3.24. The standard InChI is InChI=1S/C20H17F2N3O5S/c1-29-18-7-16(20(26)23-3-2-12-4-13(21)6-14(22)5-12)17(25(27)28)8-19(18)30-9-15-10-31-11-24-15/h4-8,10-11H,2-3,9H2,1H3,(H,23,26). The molecule has 0 bridgehead atoms. The SMILES string of the molecule is COc1cc(C(=O)NCCc2cc(F)cc(F)c2)c([N+](=O)[O-])cc1OCc1cscn1. The molecule has 162 valence electrons. The molecule has 11 heteroatoms. The van der Waals surface area contributed by atoms with Crippen LogP contribution in [-0.4, -0.2) is 29.5 Å². The smallest absolute Gasteiger partial charge is 0.286 e. The number of carbonyl (C=O) groups excluding carboxylic acids is 1. The molecule has 0 aliphatic heterocycles. The molecular formula is C20H17F2N3O5S. The van der Waals surface area contributed by atoms with Gasteiger partial charge in [-0.25, -0.2) is 13.8 Å². The van der Waals surface area contributed by atoms with Gasteiger partial charge in [-0.05, 0) is 24.1 Å². The van der Waals surface area contributed by atoms with Crippen molar-refractivity contribution in [3.63, 3.8) is 0 Å². The van der Waals surface area contributed by atoms with Crippen molar-refractivity contribution < 1.29 is 28.0 Å². The maximum atomic E-state index is 13.3. The van der Waals surface area contributed by atoms with Gasteiger partial charge in [0.05, 0.1) is 29.3 Å². The largest absolute Gasteiger partial charge is 0.493 e. The molecule has 3 aromatic rings. The summed E-state index contributed by atoms with van der Waals surface area (Å²) in [6.07, 6.45) is 0.139. The highest BCUT2D eigenvalue weighted by Gasteiger charge is 2.25. The number of nitrogens with zero attached hydrogens (tertiary/aromatic N) is 2. The highest BCUT2D eigenvalue weighted by atomic mass is 32.1. The Kier molecular flexibility index (Phi) is 7.08. The summed E-state index contributed by atoms with van der Waals surface area (Å²) in [5.74, 6) is -1.95. The van der Waals surface area contributed by atoms with Crippen LogP contribution in [0.1, 0.15) is 21.6 Å². The highest BCUT2D eigenvalue weighted by Crippen LogP contribution is 2.35. The monoisotopic (exact) mass is 449 g/mol. The fourth-order valence-electron chi connectivity index (χ4n) is 2.79. The minimum Gasteiger partial charge on any atom is -0.493 e. The molecule has 2 aromatic carbocycles. The first-order chi connectivity index (χ1) is 14.9. The van der Waals surface area contributed by atoms with E-state index >= 15 is 0 Å². The molecule has 0 aliphatic carbocycles. The third kappa shape index (κ3) is 5.72. The van der Waals surface area contributed by atoms with Crippen molar-refractivity contribution in [2.45, 2.75) is 13.0 Å². The van der Waals surface area contributed by atoms with Crippen molar-refractivity contribution in [1.82, 2.24) is 10.3 Å². The number of methoxy groups -OCH3 is 1. The Morgan fingerprint density at radius 2 is 1.94 bits per heavy atom. The molecular weight excluding hydrogens is 432 g/mol. The lowest BCUT2D eigenvalue weighted by Crippen LogP contribution is -2.26. The molecule has 31 heavy (non-hydrogen) atoms. The van der Waals surface area contributed by atoms with E-state index in [1.165, 1.54) is 24.5 Å². The molecule has 8 nitrogen and oxygen atoms in total. The molecule has 0 saturated heterocycles. The number of benzene rings is 2. The molecule has 1 amide bonds. The number of thiazole rings is 1. The number of amides is 1. The van der Waals surface area contributed by atoms with E-state index in [-0.39, 0.29) is 36.6 Å². The quantitative estimate of drug-likeness (QED) is 0.393. The van der Waals surface area contributed by atoms with E-state index in [9.17, 15) is 23.7 Å². The topological polar surface area (TPSA) is 104 Å². The van der Waals surface area contributed by atoms with Crippen LogP contribution in [0.3, 0.4) is 0 Å². The van der Waals surface area contributed by atoms with E-state index in [4.69, 9.17) is 9.47 Å². The van der Waals surface area contributed by atoms with Gasteiger partial charge in [0.1, 0.15) is 23.8 Å². The molecule has 0 saturated carbocycles. The van der Waals surface area contributed by atoms with Crippen LogP contribution in [0.5, 0.6) is 11.5 Å². The number of nitrogens with one attached hydrogen (secondary N) is 1. The molecule has 3 rings (SSSR count). The van der Waals surface area contributed by atoms with Crippen LogP contribution < -0.4 is 14.8 Å². The fourth-order valence-corrected chi connectivity index (χ4v) is 3.33. The predicted octanol–water partition coefficient (Wildman–Crippen LogP) is 3.89. The first kappa shape index (κ1) is 22.1. The summed E-state index contributed by atoms with van der Waals surface area (Å²) in [5, 5.41) is 15.8. The van der Waals surface area contributed by atoms with E-state index in [1.807, 2.05) is 0 Å². The van der Waals surface area contributed by atoms with Gasteiger partial charge in [0.2, 0.25) is 0 Å². The van der Waals surface area contributed by atoms with Gasteiger partial charge in [-0.15, -0.1) is 11.3 Å². The normalized spacial score (nSPS) is 10.5. The fraction of sp³-hybridized carbons (Fsp3) is 0.200. The summed E-state index contributed by atoms with van der Waals surface area (Å²) in [5.41, 5.74) is 1.92. The second-order valence-corrected chi connectivity index (χ2v) is 7.05. The van der Waals surface area contributed by atoms with Crippen molar-refractivity contribution in [2.24, 2.45) is 0 Å². The van der Waals surface area contributed by atoms with Gasteiger partial charge < -0.3 is 14.8 Å². The highest BCUT2D eigenvalue weighted by molar-refractivity contribution is 7.07. The first-order valence-electron chi connectivity index (χ1n) is 8.97. The summed E-state index contributed by atoms with van der Waals surface area (Å²) < 4.78 is 37.3. The summed E-state index contributed by atoms with van der Waals surface area (Å²) >= 11 is 1.38. The lowest BCUT2D eigenvalue weighted by Gasteiger charge is -2.12. The Bertz CT molecular complexity index is 1070. The molecule has 0 unspecified atom stereocenters. The first-order valence-corrected chi connectivity index (χ1v) is 9.91. The number of ether oxygens (including phenoxy) is 2. The number of hydrogen-bond acceptors (Lipinski definition) is 7. The molecule has 1 aromatic heterocycles. The van der Waals surface area contributed by atoms with Crippen LogP contribution in [0.4, 0.5) is 14.5 Å². The number of hydrogen-bond donors (Lipinski definition) is 1. The van der Waals surface area contributed by atoms with Crippen LogP contribution >= 0.6 is 11.3 Å². The van der Waals surface area contributed by atoms with Crippen molar-refractivity contribution in [3.05, 3.63) is 79.8 Å². The van der Waals surface area contributed by atoms with Crippen molar-refractivity contribution >= 4 is 22.9 Å². The van der Waals surface area contributed by atoms with Gasteiger partial charge in [-0.2, -0.15) is 0 Å². The molecule has 1 heterocycles. The maximum Gasteiger partial charge on any atom is 0.286 e. The Morgan fingerprint density at radius 1 is 1.19 bits per heavy atom. The number of carbonyl (C=O) groups is 1. The third-order valence-electron chi connectivity index (χ3n) is 4.20. The van der Waals surface area contributed by atoms with E-state index in [0.29, 0.717) is 11.3 Å². The zero-order chi connectivity index (χ0) is 22.4. The molecule has 1 N–H and O–H groups in total. The van der Waals surface area contributed by atoms with Gasteiger partial charge in [0, 0.05) is 24.1 Å². The van der Waals surface area contributed by atoms with Gasteiger partial charge in [-0.1, -0.05) is 0 Å². The van der Waals surface area contributed by atoms with E-state index in [1.54, 1.807) is 10.9 Å². The number of aromatic nitrogens is 1. The van der Waals surface area contributed by atoms with Crippen molar-refractivity contribution in [2.75, 3.05) is 13.7 Å². The second-order valence-electron chi connectivity index (χ2n) is 6.33. The number of rotatable bonds is 9. The molecule has 0 radical (unpaired) electrons. The number of halogens is 2. The number of nitro benzene ring substituents is 1. The summed E-state index contributed by atoms with van der Waals surface area (Å²) in [6, 6.07) is 5.37. The molecule has 0 atom stereocenters. The Balaban J connectivity index is 1.75. The summed E-state index contributed by atoms with van der Waals surface area (Å²) in [4.78, 5) is 27.4. The van der Waals surface area contributed by atoms with Gasteiger partial charge in [0.25, 0.3) is 11.6 Å². The Morgan fingerprint density at radius 3 is 2.55 bits per heavy atom.